The second-order valence-electron chi connectivity index (χ2n) is 6.76. The summed E-state index contributed by atoms with van der Waals surface area (Å²) in [6.07, 6.45) is 6.63. The van der Waals surface area contributed by atoms with Gasteiger partial charge in [-0.05, 0) is 55.6 Å². The van der Waals surface area contributed by atoms with Crippen molar-refractivity contribution < 1.29 is 12.8 Å². The summed E-state index contributed by atoms with van der Waals surface area (Å²) < 4.78 is 39.9. The molecule has 1 saturated heterocycles. The van der Waals surface area contributed by atoms with Gasteiger partial charge in [0.2, 0.25) is 0 Å². The summed E-state index contributed by atoms with van der Waals surface area (Å²) in [6.45, 7) is 1.81. The van der Waals surface area contributed by atoms with Crippen LogP contribution >= 0.6 is 12.4 Å². The van der Waals surface area contributed by atoms with E-state index < -0.39 is 9.84 Å². The number of imidazole rings is 1. The third kappa shape index (κ3) is 3.85. The molecular formula is C19H21ClFN3O2S. The lowest BCUT2D eigenvalue weighted by Gasteiger charge is -2.23. The van der Waals surface area contributed by atoms with Crippen molar-refractivity contribution in [3.05, 3.63) is 54.1 Å². The Labute approximate surface area is 164 Å². The number of rotatable bonds is 3. The average molecular weight is 410 g/mol. The van der Waals surface area contributed by atoms with Gasteiger partial charge in [0.15, 0.2) is 21.3 Å². The highest BCUT2D eigenvalue weighted by molar-refractivity contribution is 7.90. The molecule has 27 heavy (non-hydrogen) atoms. The third-order valence-electron chi connectivity index (χ3n) is 4.95. The maximum absolute atomic E-state index is 15.0. The zero-order valence-electron chi connectivity index (χ0n) is 14.9. The normalized spacial score (nSPS) is 15.6. The number of nitrogens with zero attached hydrogens (tertiary/aromatic N) is 2. The van der Waals surface area contributed by atoms with Gasteiger partial charge in [-0.3, -0.25) is 0 Å². The monoisotopic (exact) mass is 409 g/mol. The smallest absolute Gasteiger partial charge is 0.175 e. The van der Waals surface area contributed by atoms with Crippen LogP contribution in [-0.4, -0.2) is 37.1 Å². The van der Waals surface area contributed by atoms with Crippen LogP contribution in [0, 0.1) is 5.82 Å². The molecule has 3 heterocycles. The summed E-state index contributed by atoms with van der Waals surface area (Å²) in [5.41, 5.74) is 2.40. The van der Waals surface area contributed by atoms with E-state index in [-0.39, 0.29) is 29.0 Å². The molecule has 0 unspecified atom stereocenters. The van der Waals surface area contributed by atoms with Crippen molar-refractivity contribution in [2.75, 3.05) is 19.3 Å². The SMILES string of the molecule is CS(=O)(=O)c1ccc(-c2cn3ccc(C4CCNCC4)c(F)c3n2)cc1.Cl. The number of aromatic nitrogens is 2. The quantitative estimate of drug-likeness (QED) is 0.719. The van der Waals surface area contributed by atoms with Gasteiger partial charge in [0.05, 0.1) is 10.6 Å². The Kier molecular flexibility index (Phi) is 5.55. The number of nitrogens with one attached hydrogen (secondary N) is 1. The van der Waals surface area contributed by atoms with E-state index in [0.717, 1.165) is 37.1 Å². The molecule has 1 aliphatic heterocycles. The Hall–Kier alpha value is -1.96. The van der Waals surface area contributed by atoms with Crippen molar-refractivity contribution in [2.45, 2.75) is 23.7 Å². The molecule has 1 N–H and O–H groups in total. The molecule has 1 aliphatic rings. The first-order valence-corrected chi connectivity index (χ1v) is 10.5. The van der Waals surface area contributed by atoms with Crippen LogP contribution in [0.4, 0.5) is 4.39 Å². The first-order chi connectivity index (χ1) is 12.4. The van der Waals surface area contributed by atoms with Crippen LogP contribution in [0.2, 0.25) is 0 Å². The molecule has 3 aromatic rings. The Bertz CT molecular complexity index is 1060. The Morgan fingerprint density at radius 1 is 1.15 bits per heavy atom. The van der Waals surface area contributed by atoms with E-state index in [1.807, 2.05) is 12.3 Å². The number of fused-ring (bicyclic) bond motifs is 1. The molecule has 4 rings (SSSR count). The lowest BCUT2D eigenvalue weighted by Crippen LogP contribution is -2.27. The molecule has 0 bridgehead atoms. The lowest BCUT2D eigenvalue weighted by atomic mass is 9.90. The summed E-state index contributed by atoms with van der Waals surface area (Å²) in [4.78, 5) is 4.71. The Morgan fingerprint density at radius 2 is 1.81 bits per heavy atom. The van der Waals surface area contributed by atoms with Gasteiger partial charge in [-0.15, -0.1) is 12.4 Å². The minimum atomic E-state index is -3.24. The van der Waals surface area contributed by atoms with Crippen molar-refractivity contribution in [1.29, 1.82) is 0 Å². The molecule has 1 fully saturated rings. The first kappa shape index (κ1) is 19.8. The lowest BCUT2D eigenvalue weighted by molar-refractivity contribution is 0.445. The predicted octanol–water partition coefficient (Wildman–Crippen LogP) is 3.43. The average Bonchev–Trinajstić information content (AvgIpc) is 3.07. The molecule has 144 valence electrons. The standard InChI is InChI=1S/C19H20FN3O2S.ClH/c1-26(24,25)15-4-2-14(3-5-15)17-12-23-11-8-16(18(20)19(23)22-17)13-6-9-21-10-7-13;/h2-5,8,11-13,21H,6-7,9-10H2,1H3;1H. The van der Waals surface area contributed by atoms with Gasteiger partial charge in [-0.25, -0.2) is 17.8 Å². The van der Waals surface area contributed by atoms with Crippen molar-refractivity contribution in [3.8, 4) is 11.3 Å². The zero-order chi connectivity index (χ0) is 18.3. The van der Waals surface area contributed by atoms with Crippen LogP contribution in [0.15, 0.2) is 47.6 Å². The van der Waals surface area contributed by atoms with Gasteiger partial charge >= 0.3 is 0 Å². The van der Waals surface area contributed by atoms with E-state index in [1.54, 1.807) is 34.9 Å². The van der Waals surface area contributed by atoms with E-state index >= 15 is 4.39 Å². The molecule has 0 aliphatic carbocycles. The second-order valence-corrected chi connectivity index (χ2v) is 8.78. The number of sulfone groups is 1. The molecule has 0 radical (unpaired) electrons. The number of piperidine rings is 1. The molecular weight excluding hydrogens is 389 g/mol. The largest absolute Gasteiger partial charge is 0.317 e. The third-order valence-corrected chi connectivity index (χ3v) is 6.08. The highest BCUT2D eigenvalue weighted by Crippen LogP contribution is 2.30. The highest BCUT2D eigenvalue weighted by Gasteiger charge is 2.21. The summed E-state index contributed by atoms with van der Waals surface area (Å²) >= 11 is 0. The van der Waals surface area contributed by atoms with Crippen molar-refractivity contribution in [1.82, 2.24) is 14.7 Å². The number of pyridine rings is 1. The molecule has 0 saturated carbocycles. The van der Waals surface area contributed by atoms with Gasteiger partial charge in [0.25, 0.3) is 0 Å². The van der Waals surface area contributed by atoms with Gasteiger partial charge in [-0.2, -0.15) is 0 Å². The van der Waals surface area contributed by atoms with Crippen LogP contribution < -0.4 is 5.32 Å². The molecule has 1 aromatic carbocycles. The first-order valence-electron chi connectivity index (χ1n) is 8.62. The molecule has 2 aromatic heterocycles. The van der Waals surface area contributed by atoms with Crippen molar-refractivity contribution in [3.63, 3.8) is 0 Å². The van der Waals surface area contributed by atoms with Crippen molar-refractivity contribution in [2.24, 2.45) is 0 Å². The number of benzene rings is 1. The molecule has 0 amide bonds. The minimum absolute atomic E-state index is 0. The van der Waals surface area contributed by atoms with E-state index in [4.69, 9.17) is 0 Å². The second kappa shape index (κ2) is 7.58. The van der Waals surface area contributed by atoms with Crippen LogP contribution in [0.1, 0.15) is 24.3 Å². The molecule has 0 atom stereocenters. The van der Waals surface area contributed by atoms with Crippen LogP contribution in [0.3, 0.4) is 0 Å². The van der Waals surface area contributed by atoms with E-state index in [0.29, 0.717) is 11.3 Å². The summed E-state index contributed by atoms with van der Waals surface area (Å²) in [5.74, 6) is -0.0474. The topological polar surface area (TPSA) is 63.5 Å². The fourth-order valence-electron chi connectivity index (χ4n) is 3.49. The van der Waals surface area contributed by atoms with E-state index in [9.17, 15) is 8.42 Å². The van der Waals surface area contributed by atoms with E-state index in [2.05, 4.69) is 10.3 Å². The predicted molar refractivity (Wildman–Crippen MR) is 106 cm³/mol. The maximum Gasteiger partial charge on any atom is 0.175 e. The minimum Gasteiger partial charge on any atom is -0.317 e. The maximum atomic E-state index is 15.0. The Balaban J connectivity index is 0.00000210. The molecule has 5 nitrogen and oxygen atoms in total. The van der Waals surface area contributed by atoms with Gasteiger partial charge in [-0.1, -0.05) is 12.1 Å². The van der Waals surface area contributed by atoms with Gasteiger partial charge < -0.3 is 9.72 Å². The van der Waals surface area contributed by atoms with E-state index in [1.165, 1.54) is 6.26 Å². The Morgan fingerprint density at radius 3 is 2.44 bits per heavy atom. The van der Waals surface area contributed by atoms with Crippen molar-refractivity contribution >= 4 is 27.9 Å². The van der Waals surface area contributed by atoms with Gasteiger partial charge in [0.1, 0.15) is 0 Å². The highest BCUT2D eigenvalue weighted by atomic mass is 35.5. The summed E-state index contributed by atoms with van der Waals surface area (Å²) in [5, 5.41) is 3.30. The number of hydrogen-bond acceptors (Lipinski definition) is 4. The summed E-state index contributed by atoms with van der Waals surface area (Å²) in [7, 11) is -3.24. The van der Waals surface area contributed by atoms with Crippen LogP contribution in [0.5, 0.6) is 0 Å². The summed E-state index contributed by atoms with van der Waals surface area (Å²) in [6, 6.07) is 8.33. The number of halogens is 2. The van der Waals surface area contributed by atoms with Gasteiger partial charge in [0, 0.05) is 24.2 Å². The van der Waals surface area contributed by atoms with Crippen LogP contribution in [0.25, 0.3) is 16.9 Å². The molecule has 0 spiro atoms. The fraction of sp³-hybridized carbons (Fsp3) is 0.316. The number of hydrogen-bond donors (Lipinski definition) is 1. The zero-order valence-corrected chi connectivity index (χ0v) is 16.5. The van der Waals surface area contributed by atoms with Crippen LogP contribution in [-0.2, 0) is 9.84 Å². The molecule has 8 heteroatoms. The fourth-order valence-corrected chi connectivity index (χ4v) is 4.12.